The molecule has 8 heteroatoms. The summed E-state index contributed by atoms with van der Waals surface area (Å²) in [5.41, 5.74) is 4.79. The lowest BCUT2D eigenvalue weighted by atomic mass is 9.93. The van der Waals surface area contributed by atoms with Crippen LogP contribution in [0, 0.1) is 13.8 Å². The van der Waals surface area contributed by atoms with Crippen molar-refractivity contribution in [1.82, 2.24) is 4.72 Å². The van der Waals surface area contributed by atoms with Crippen molar-refractivity contribution in [2.24, 2.45) is 0 Å². The van der Waals surface area contributed by atoms with Crippen molar-refractivity contribution in [1.29, 1.82) is 0 Å². The number of ether oxygens (including phenoxy) is 2. The third kappa shape index (κ3) is 3.82. The Morgan fingerprint density at radius 2 is 1.68 bits per heavy atom. The highest BCUT2D eigenvalue weighted by Crippen LogP contribution is 2.51. The van der Waals surface area contributed by atoms with Crippen molar-refractivity contribution in [3.8, 4) is 22.6 Å². The number of benzene rings is 3. The van der Waals surface area contributed by atoms with Gasteiger partial charge in [0, 0.05) is 7.11 Å². The first-order chi connectivity index (χ1) is 16.2. The number of hydrogen-bond donors (Lipinski definition) is 2. The summed E-state index contributed by atoms with van der Waals surface area (Å²) in [7, 11) is -2.12. The van der Waals surface area contributed by atoms with Gasteiger partial charge in [0.25, 0.3) is 0 Å². The van der Waals surface area contributed by atoms with Gasteiger partial charge in [0.1, 0.15) is 0 Å². The highest BCUT2D eigenvalue weighted by Gasteiger charge is 2.51. The lowest BCUT2D eigenvalue weighted by molar-refractivity contribution is -0.118. The van der Waals surface area contributed by atoms with Crippen LogP contribution in [0.2, 0.25) is 0 Å². The van der Waals surface area contributed by atoms with E-state index in [1.54, 1.807) is 12.1 Å². The minimum absolute atomic E-state index is 0. The molecule has 1 aliphatic carbocycles. The summed E-state index contributed by atoms with van der Waals surface area (Å²) in [4.78, 5) is 13.5. The van der Waals surface area contributed by atoms with Crippen LogP contribution in [-0.2, 0) is 20.2 Å². The smallest absolute Gasteiger partial charge is 0.240 e. The van der Waals surface area contributed by atoms with Crippen molar-refractivity contribution in [2.75, 3.05) is 19.2 Å². The standard InChI is InChI=1S/C26H26N2O5S.H2/c1-16-4-6-19(14-22(16)21-8-7-20(12-17(21)2)34(30,31)27-3)28-25(29)26(10-11-26)18-5-9-23-24(13-18)33-15-32-23;/h4-9,12-14,27H,10-11,15H2,1-3H3,(H,28,29);1H. The molecule has 0 aromatic heterocycles. The second-order valence-electron chi connectivity index (χ2n) is 8.82. The Hall–Kier alpha value is -3.36. The van der Waals surface area contributed by atoms with Gasteiger partial charge in [0.05, 0.1) is 10.3 Å². The largest absolute Gasteiger partial charge is 0.454 e. The Morgan fingerprint density at radius 1 is 0.912 bits per heavy atom. The van der Waals surface area contributed by atoms with Crippen LogP contribution < -0.4 is 19.5 Å². The number of fused-ring (bicyclic) bond motifs is 1. The fourth-order valence-corrected chi connectivity index (χ4v) is 5.24. The number of carbonyl (C=O) groups excluding carboxylic acids is 1. The molecule has 5 rings (SSSR count). The number of anilines is 1. The lowest BCUT2D eigenvalue weighted by Gasteiger charge is -2.18. The summed E-state index contributed by atoms with van der Waals surface area (Å²) in [5.74, 6) is 1.33. The van der Waals surface area contributed by atoms with Gasteiger partial charge in [-0.3, -0.25) is 4.79 Å². The van der Waals surface area contributed by atoms with Gasteiger partial charge >= 0.3 is 0 Å². The fraction of sp³-hybridized carbons (Fsp3) is 0.269. The van der Waals surface area contributed by atoms with Gasteiger partial charge in [-0.1, -0.05) is 18.2 Å². The zero-order chi connectivity index (χ0) is 24.1. The normalized spacial score (nSPS) is 15.7. The maximum Gasteiger partial charge on any atom is 0.240 e. The molecule has 178 valence electrons. The second-order valence-corrected chi connectivity index (χ2v) is 10.7. The number of rotatable bonds is 6. The van der Waals surface area contributed by atoms with E-state index in [0.717, 1.165) is 40.7 Å². The van der Waals surface area contributed by atoms with E-state index in [1.807, 2.05) is 56.3 Å². The van der Waals surface area contributed by atoms with E-state index in [2.05, 4.69) is 10.0 Å². The van der Waals surface area contributed by atoms with Gasteiger partial charge in [-0.05, 0) is 98.0 Å². The molecule has 1 heterocycles. The second kappa shape index (κ2) is 8.14. The maximum atomic E-state index is 13.3. The van der Waals surface area contributed by atoms with Gasteiger partial charge in [0.15, 0.2) is 11.5 Å². The van der Waals surface area contributed by atoms with Gasteiger partial charge in [0.2, 0.25) is 22.7 Å². The Kier molecular flexibility index (Phi) is 5.37. The van der Waals surface area contributed by atoms with Crippen molar-refractivity contribution < 1.29 is 24.1 Å². The first kappa shape index (κ1) is 22.4. The van der Waals surface area contributed by atoms with E-state index in [9.17, 15) is 13.2 Å². The fourth-order valence-electron chi connectivity index (χ4n) is 4.43. The molecule has 1 amide bonds. The van der Waals surface area contributed by atoms with Crippen molar-refractivity contribution in [3.63, 3.8) is 0 Å². The molecular weight excluding hydrogens is 452 g/mol. The first-order valence-electron chi connectivity index (χ1n) is 11.1. The molecule has 0 spiro atoms. The molecule has 3 aromatic rings. The van der Waals surface area contributed by atoms with Gasteiger partial charge in [-0.25, -0.2) is 13.1 Å². The van der Waals surface area contributed by atoms with E-state index in [-0.39, 0.29) is 19.0 Å². The summed E-state index contributed by atoms with van der Waals surface area (Å²) >= 11 is 0. The molecule has 0 radical (unpaired) electrons. The van der Waals surface area contributed by atoms with Crippen molar-refractivity contribution in [2.45, 2.75) is 37.0 Å². The molecule has 0 atom stereocenters. The predicted octanol–water partition coefficient (Wildman–Crippen LogP) is 4.52. The Morgan fingerprint density at radius 3 is 2.38 bits per heavy atom. The molecule has 2 N–H and O–H groups in total. The summed E-state index contributed by atoms with van der Waals surface area (Å²) in [5, 5.41) is 3.10. The molecule has 0 bridgehead atoms. The van der Waals surface area contributed by atoms with Gasteiger partial charge < -0.3 is 14.8 Å². The number of aryl methyl sites for hydroxylation is 2. The summed E-state index contributed by atoms with van der Waals surface area (Å²) < 4.78 is 37.5. The van der Waals surface area contributed by atoms with Crippen LogP contribution in [0.4, 0.5) is 5.69 Å². The van der Waals surface area contributed by atoms with E-state index >= 15 is 0 Å². The van der Waals surface area contributed by atoms with E-state index in [4.69, 9.17) is 9.47 Å². The minimum atomic E-state index is -3.52. The molecule has 7 nitrogen and oxygen atoms in total. The maximum absolute atomic E-state index is 13.3. The Labute approximate surface area is 200 Å². The molecule has 0 unspecified atom stereocenters. The van der Waals surface area contributed by atoms with E-state index in [0.29, 0.717) is 17.2 Å². The van der Waals surface area contributed by atoms with E-state index in [1.165, 1.54) is 7.05 Å². The zero-order valence-electron chi connectivity index (χ0n) is 19.3. The number of nitrogens with one attached hydrogen (secondary N) is 2. The lowest BCUT2D eigenvalue weighted by Crippen LogP contribution is -2.27. The Balaban J connectivity index is 0.00000289. The van der Waals surface area contributed by atoms with Crippen LogP contribution in [-0.4, -0.2) is 28.2 Å². The minimum Gasteiger partial charge on any atom is -0.454 e. The summed E-state index contributed by atoms with van der Waals surface area (Å²) in [6, 6.07) is 16.5. The Bertz CT molecular complexity index is 1420. The van der Waals surface area contributed by atoms with Crippen LogP contribution in [0.25, 0.3) is 11.1 Å². The van der Waals surface area contributed by atoms with Crippen molar-refractivity contribution in [3.05, 3.63) is 71.3 Å². The quantitative estimate of drug-likeness (QED) is 0.541. The topological polar surface area (TPSA) is 93.7 Å². The predicted molar refractivity (Wildman–Crippen MR) is 132 cm³/mol. The highest BCUT2D eigenvalue weighted by atomic mass is 32.2. The highest BCUT2D eigenvalue weighted by molar-refractivity contribution is 7.89. The SMILES string of the molecule is CNS(=O)(=O)c1ccc(-c2cc(NC(=O)C3(c4ccc5c(c4)OCO5)CC3)ccc2C)c(C)c1.[HH]. The van der Waals surface area contributed by atoms with E-state index < -0.39 is 15.4 Å². The number of amides is 1. The van der Waals surface area contributed by atoms with Gasteiger partial charge in [-0.2, -0.15) is 0 Å². The van der Waals surface area contributed by atoms with Crippen LogP contribution in [0.5, 0.6) is 11.5 Å². The van der Waals surface area contributed by atoms with Crippen molar-refractivity contribution >= 4 is 21.6 Å². The first-order valence-corrected chi connectivity index (χ1v) is 12.6. The number of carbonyl (C=O) groups is 1. The average Bonchev–Trinajstić information content (AvgIpc) is 3.51. The number of hydrogen-bond acceptors (Lipinski definition) is 5. The summed E-state index contributed by atoms with van der Waals surface area (Å²) in [6.45, 7) is 4.08. The van der Waals surface area contributed by atoms with Crippen LogP contribution in [0.3, 0.4) is 0 Å². The zero-order valence-corrected chi connectivity index (χ0v) is 20.1. The average molecular weight is 481 g/mol. The molecule has 34 heavy (non-hydrogen) atoms. The van der Waals surface area contributed by atoms with Crippen LogP contribution in [0.15, 0.2) is 59.5 Å². The number of sulfonamides is 1. The molecule has 1 saturated carbocycles. The molecule has 3 aromatic carbocycles. The molecule has 1 fully saturated rings. The third-order valence-corrected chi connectivity index (χ3v) is 8.08. The summed E-state index contributed by atoms with van der Waals surface area (Å²) in [6.07, 6.45) is 1.55. The molecular formula is C26H28N2O5S. The third-order valence-electron chi connectivity index (χ3n) is 6.67. The molecule has 0 saturated heterocycles. The molecule has 1 aliphatic heterocycles. The van der Waals surface area contributed by atoms with Gasteiger partial charge in [-0.15, -0.1) is 0 Å². The monoisotopic (exact) mass is 480 g/mol. The van der Waals surface area contributed by atoms with Crippen LogP contribution in [0.1, 0.15) is 31.0 Å². The molecule has 2 aliphatic rings. The van der Waals surface area contributed by atoms with Crippen LogP contribution >= 0.6 is 0 Å².